The first-order valence-corrected chi connectivity index (χ1v) is 9.24. The molecule has 1 saturated carbocycles. The SMILES string of the molecule is COc1cc(C(=O)N(Cc2ccccc2)C(C)C2CC2)cc(OC)c1OC. The fraction of sp³-hybridized carbons (Fsp3) is 0.409. The summed E-state index contributed by atoms with van der Waals surface area (Å²) in [5.74, 6) is 2.00. The number of amides is 1. The van der Waals surface area contributed by atoms with E-state index in [-0.39, 0.29) is 11.9 Å². The molecule has 1 unspecified atom stereocenters. The molecule has 27 heavy (non-hydrogen) atoms. The second-order valence-electron chi connectivity index (χ2n) is 6.91. The van der Waals surface area contributed by atoms with E-state index in [9.17, 15) is 4.79 Å². The van der Waals surface area contributed by atoms with Crippen molar-refractivity contribution in [1.29, 1.82) is 0 Å². The van der Waals surface area contributed by atoms with E-state index in [1.165, 1.54) is 12.8 Å². The number of rotatable bonds is 8. The Morgan fingerprint density at radius 3 is 2.11 bits per heavy atom. The lowest BCUT2D eigenvalue weighted by molar-refractivity contribution is 0.0653. The smallest absolute Gasteiger partial charge is 0.254 e. The van der Waals surface area contributed by atoms with Crippen molar-refractivity contribution in [2.75, 3.05) is 21.3 Å². The number of carbonyl (C=O) groups excluding carboxylic acids is 1. The van der Waals surface area contributed by atoms with Crippen LogP contribution >= 0.6 is 0 Å². The van der Waals surface area contributed by atoms with Crippen molar-refractivity contribution in [2.24, 2.45) is 5.92 Å². The highest BCUT2D eigenvalue weighted by atomic mass is 16.5. The summed E-state index contributed by atoms with van der Waals surface area (Å²) in [6.45, 7) is 2.71. The molecule has 1 aliphatic rings. The Hall–Kier alpha value is -2.69. The summed E-state index contributed by atoms with van der Waals surface area (Å²) in [6.07, 6.45) is 2.35. The van der Waals surface area contributed by atoms with Gasteiger partial charge in [-0.05, 0) is 43.4 Å². The molecule has 0 saturated heterocycles. The third-order valence-corrected chi connectivity index (χ3v) is 5.16. The van der Waals surface area contributed by atoms with E-state index in [2.05, 4.69) is 19.1 Å². The molecule has 1 amide bonds. The molecule has 144 valence electrons. The quantitative estimate of drug-likeness (QED) is 0.701. The van der Waals surface area contributed by atoms with E-state index >= 15 is 0 Å². The largest absolute Gasteiger partial charge is 0.493 e. The fourth-order valence-electron chi connectivity index (χ4n) is 3.38. The van der Waals surface area contributed by atoms with Gasteiger partial charge in [0.2, 0.25) is 5.75 Å². The van der Waals surface area contributed by atoms with Crippen LogP contribution in [0, 0.1) is 5.92 Å². The van der Waals surface area contributed by atoms with Gasteiger partial charge >= 0.3 is 0 Å². The molecular formula is C22H27NO4. The Morgan fingerprint density at radius 2 is 1.63 bits per heavy atom. The molecule has 2 aromatic rings. The van der Waals surface area contributed by atoms with Crippen LogP contribution in [0.15, 0.2) is 42.5 Å². The van der Waals surface area contributed by atoms with Crippen molar-refractivity contribution in [3.05, 3.63) is 53.6 Å². The molecule has 3 rings (SSSR count). The lowest BCUT2D eigenvalue weighted by Gasteiger charge is -2.30. The molecule has 0 aromatic heterocycles. The van der Waals surface area contributed by atoms with Gasteiger partial charge in [0.25, 0.3) is 5.91 Å². The summed E-state index contributed by atoms with van der Waals surface area (Å²) in [6, 6.07) is 13.7. The van der Waals surface area contributed by atoms with Crippen molar-refractivity contribution in [2.45, 2.75) is 32.4 Å². The maximum absolute atomic E-state index is 13.4. The van der Waals surface area contributed by atoms with Gasteiger partial charge in [-0.1, -0.05) is 30.3 Å². The molecular weight excluding hydrogens is 342 g/mol. The number of hydrogen-bond acceptors (Lipinski definition) is 4. The summed E-state index contributed by atoms with van der Waals surface area (Å²) in [4.78, 5) is 15.4. The normalized spacial score (nSPS) is 14.4. The molecule has 1 atom stereocenters. The van der Waals surface area contributed by atoms with E-state index in [0.717, 1.165) is 5.56 Å². The van der Waals surface area contributed by atoms with E-state index in [1.54, 1.807) is 33.5 Å². The second-order valence-corrected chi connectivity index (χ2v) is 6.91. The Bertz CT molecular complexity index is 761. The van der Waals surface area contributed by atoms with E-state index < -0.39 is 0 Å². The van der Waals surface area contributed by atoms with Gasteiger partial charge in [-0.2, -0.15) is 0 Å². The predicted octanol–water partition coefficient (Wildman–Crippen LogP) is 4.15. The number of hydrogen-bond donors (Lipinski definition) is 0. The first-order valence-electron chi connectivity index (χ1n) is 9.24. The van der Waals surface area contributed by atoms with Gasteiger partial charge in [-0.3, -0.25) is 4.79 Å². The number of ether oxygens (including phenoxy) is 3. The summed E-state index contributed by atoms with van der Waals surface area (Å²) < 4.78 is 16.2. The Labute approximate surface area is 160 Å². The topological polar surface area (TPSA) is 48.0 Å². The molecule has 2 aromatic carbocycles. The zero-order chi connectivity index (χ0) is 19.4. The van der Waals surface area contributed by atoms with Crippen LogP contribution in [0.25, 0.3) is 0 Å². The minimum Gasteiger partial charge on any atom is -0.493 e. The molecule has 1 aliphatic carbocycles. The zero-order valence-corrected chi connectivity index (χ0v) is 16.4. The molecule has 5 nitrogen and oxygen atoms in total. The summed E-state index contributed by atoms with van der Waals surface area (Å²) in [5.41, 5.74) is 1.65. The highest BCUT2D eigenvalue weighted by molar-refractivity contribution is 5.96. The summed E-state index contributed by atoms with van der Waals surface area (Å²) >= 11 is 0. The summed E-state index contributed by atoms with van der Waals surface area (Å²) in [7, 11) is 4.67. The minimum absolute atomic E-state index is 0.0301. The minimum atomic E-state index is -0.0301. The highest BCUT2D eigenvalue weighted by Gasteiger charge is 2.35. The zero-order valence-electron chi connectivity index (χ0n) is 16.4. The lowest BCUT2D eigenvalue weighted by Crippen LogP contribution is -2.39. The third kappa shape index (κ3) is 4.18. The van der Waals surface area contributed by atoms with Gasteiger partial charge in [-0.25, -0.2) is 0 Å². The van der Waals surface area contributed by atoms with Gasteiger partial charge in [0, 0.05) is 18.2 Å². The van der Waals surface area contributed by atoms with Crippen molar-refractivity contribution in [3.8, 4) is 17.2 Å². The Balaban J connectivity index is 1.95. The lowest BCUT2D eigenvalue weighted by atomic mass is 10.1. The van der Waals surface area contributed by atoms with Gasteiger partial charge < -0.3 is 19.1 Å². The highest BCUT2D eigenvalue weighted by Crippen LogP contribution is 2.40. The molecule has 5 heteroatoms. The number of methoxy groups -OCH3 is 3. The summed E-state index contributed by atoms with van der Waals surface area (Å²) in [5, 5.41) is 0. The van der Waals surface area contributed by atoms with Gasteiger partial charge in [0.15, 0.2) is 11.5 Å². The molecule has 0 aliphatic heterocycles. The number of benzene rings is 2. The molecule has 0 spiro atoms. The van der Waals surface area contributed by atoms with E-state index in [1.807, 2.05) is 23.1 Å². The maximum Gasteiger partial charge on any atom is 0.254 e. The third-order valence-electron chi connectivity index (χ3n) is 5.16. The number of carbonyl (C=O) groups is 1. The van der Waals surface area contributed by atoms with Crippen LogP contribution in [-0.4, -0.2) is 38.2 Å². The molecule has 1 fully saturated rings. The average molecular weight is 369 g/mol. The van der Waals surface area contributed by atoms with Gasteiger partial charge in [-0.15, -0.1) is 0 Å². The Kier molecular flexibility index (Phi) is 5.89. The van der Waals surface area contributed by atoms with Crippen molar-refractivity contribution >= 4 is 5.91 Å². The fourth-order valence-corrected chi connectivity index (χ4v) is 3.38. The standard InChI is InChI=1S/C22H27NO4/c1-15(17-10-11-17)23(14-16-8-6-5-7-9-16)22(24)18-12-19(25-2)21(27-4)20(13-18)26-3/h5-9,12-13,15,17H,10-11,14H2,1-4H3. The molecule has 0 bridgehead atoms. The average Bonchev–Trinajstić information content (AvgIpc) is 3.56. The van der Waals surface area contributed by atoms with Gasteiger partial charge in [0.1, 0.15) is 0 Å². The molecule has 0 N–H and O–H groups in total. The second kappa shape index (κ2) is 8.33. The van der Waals surface area contributed by atoms with Crippen molar-refractivity contribution in [1.82, 2.24) is 4.90 Å². The van der Waals surface area contributed by atoms with Crippen LogP contribution in [-0.2, 0) is 6.54 Å². The predicted molar refractivity (Wildman–Crippen MR) is 105 cm³/mol. The number of nitrogens with zero attached hydrogens (tertiary/aromatic N) is 1. The van der Waals surface area contributed by atoms with Crippen LogP contribution in [0.2, 0.25) is 0 Å². The first kappa shape index (κ1) is 19.1. The molecule has 0 heterocycles. The van der Waals surface area contributed by atoms with Crippen LogP contribution in [0.1, 0.15) is 35.7 Å². The molecule has 0 radical (unpaired) electrons. The van der Waals surface area contributed by atoms with Crippen LogP contribution in [0.5, 0.6) is 17.2 Å². The van der Waals surface area contributed by atoms with Crippen molar-refractivity contribution in [3.63, 3.8) is 0 Å². The monoisotopic (exact) mass is 369 g/mol. The van der Waals surface area contributed by atoms with Crippen LogP contribution in [0.4, 0.5) is 0 Å². The van der Waals surface area contributed by atoms with E-state index in [0.29, 0.717) is 35.3 Å². The van der Waals surface area contributed by atoms with Crippen LogP contribution < -0.4 is 14.2 Å². The maximum atomic E-state index is 13.4. The van der Waals surface area contributed by atoms with Gasteiger partial charge in [0.05, 0.1) is 21.3 Å². The van der Waals surface area contributed by atoms with Crippen molar-refractivity contribution < 1.29 is 19.0 Å². The first-order chi connectivity index (χ1) is 13.1. The van der Waals surface area contributed by atoms with Crippen LogP contribution in [0.3, 0.4) is 0 Å². The Morgan fingerprint density at radius 1 is 1.04 bits per heavy atom. The van der Waals surface area contributed by atoms with E-state index in [4.69, 9.17) is 14.2 Å².